The fraction of sp³-hybridized carbons (Fsp3) is 0.138. The predicted molar refractivity (Wildman–Crippen MR) is 410 cm³/mol. The molecule has 3 amide bonds. The van der Waals surface area contributed by atoms with Crippen LogP contribution in [0.3, 0.4) is 0 Å². The molecule has 0 atom stereocenters. The largest absolute Gasteiger partial charge is 0.507 e. The normalized spacial score (nSPS) is 11.4. The van der Waals surface area contributed by atoms with Crippen molar-refractivity contribution in [3.63, 3.8) is 0 Å². The Morgan fingerprint density at radius 2 is 0.654 bits per heavy atom. The van der Waals surface area contributed by atoms with Crippen molar-refractivity contribution in [3.05, 3.63) is 235 Å². The topological polar surface area (TPSA) is 307 Å². The lowest BCUT2D eigenvalue weighted by Gasteiger charge is -2.16. The number of carbonyl (C=O) groups is 3. The van der Waals surface area contributed by atoms with Crippen LogP contribution in [0.25, 0.3) is 32.3 Å². The van der Waals surface area contributed by atoms with Gasteiger partial charge in [0.25, 0.3) is 0 Å². The van der Waals surface area contributed by atoms with Crippen molar-refractivity contribution in [2.45, 2.75) is 41.5 Å². The van der Waals surface area contributed by atoms with Crippen molar-refractivity contribution in [1.82, 2.24) is 0 Å². The van der Waals surface area contributed by atoms with Gasteiger partial charge in [-0.05, 0) is 111 Å². The van der Waals surface area contributed by atoms with Gasteiger partial charge in [0.15, 0.2) is 0 Å². The van der Waals surface area contributed by atoms with Crippen LogP contribution in [0, 0.1) is 20.8 Å². The molecule has 12 aromatic rings. The van der Waals surface area contributed by atoms with Crippen LogP contribution in [0.15, 0.2) is 280 Å². The molecule has 0 aliphatic heterocycles. The van der Waals surface area contributed by atoms with Gasteiger partial charge in [-0.15, -0.1) is 46.0 Å². The van der Waals surface area contributed by atoms with Crippen LogP contribution in [0.4, 0.5) is 91.0 Å². The molecule has 24 nitrogen and oxygen atoms in total. The van der Waals surface area contributed by atoms with Crippen LogP contribution >= 0.6 is 0 Å². The van der Waals surface area contributed by atoms with Gasteiger partial charge in [-0.2, -0.15) is 15.3 Å². The van der Waals surface area contributed by atoms with E-state index in [9.17, 15) is 24.6 Å². The molecule has 0 saturated carbocycles. The molecule has 0 aromatic heterocycles. The monoisotopic (exact) mass is 1390 g/mol. The number of azo groups is 6. The number of aryl methyl sites for hydroxylation is 3. The maximum Gasteiger partial charge on any atom is 0.221 e. The number of phenols is 2. The predicted octanol–water partition coefficient (Wildman–Crippen LogP) is 23.3. The van der Waals surface area contributed by atoms with E-state index in [4.69, 9.17) is 14.2 Å². The second-order valence-corrected chi connectivity index (χ2v) is 23.7. The quantitative estimate of drug-likeness (QED) is 0.0480. The minimum absolute atomic E-state index is 0.00650. The molecule has 522 valence electrons. The Hall–Kier alpha value is -13.8. The average molecular weight is 1390 g/mol. The van der Waals surface area contributed by atoms with Crippen molar-refractivity contribution in [1.29, 1.82) is 0 Å². The molecule has 0 fully saturated rings. The summed E-state index contributed by atoms with van der Waals surface area (Å²) in [6.45, 7) is 10.2. The van der Waals surface area contributed by atoms with Gasteiger partial charge in [-0.25, -0.2) is 0 Å². The van der Waals surface area contributed by atoms with Crippen LogP contribution in [0.5, 0.6) is 28.7 Å². The second-order valence-electron chi connectivity index (χ2n) is 23.7. The van der Waals surface area contributed by atoms with E-state index in [0.717, 1.165) is 55.0 Å². The van der Waals surface area contributed by atoms with E-state index in [2.05, 4.69) is 88.3 Å². The van der Waals surface area contributed by atoms with Gasteiger partial charge in [0.2, 0.25) is 17.7 Å². The zero-order chi connectivity index (χ0) is 73.8. The lowest BCUT2D eigenvalue weighted by molar-refractivity contribution is -0.115. The number of fused-ring (bicyclic) bond motifs is 3. The van der Waals surface area contributed by atoms with Crippen molar-refractivity contribution in [2.75, 3.05) is 56.3 Å². The first-order chi connectivity index (χ1) is 50.2. The van der Waals surface area contributed by atoms with Crippen LogP contribution in [-0.4, -0.2) is 63.4 Å². The Balaban J connectivity index is 0.000000168. The summed E-state index contributed by atoms with van der Waals surface area (Å²) >= 11 is 0. The lowest BCUT2D eigenvalue weighted by atomic mass is 10.1. The molecule has 0 unspecified atom stereocenters. The summed E-state index contributed by atoms with van der Waals surface area (Å²) in [5.74, 6) is 0.667. The van der Waals surface area contributed by atoms with Crippen LogP contribution < -0.4 is 35.1 Å². The molecule has 0 aliphatic carbocycles. The summed E-state index contributed by atoms with van der Waals surface area (Å²) in [4.78, 5) is 37.6. The molecule has 0 spiro atoms. The average Bonchev–Trinajstić information content (AvgIpc) is 0.807. The Morgan fingerprint density at radius 3 is 1.05 bits per heavy atom. The number of phenolic OH excluding ortho intramolecular Hbond substituents is 2. The molecule has 0 radical (unpaired) electrons. The van der Waals surface area contributed by atoms with Crippen molar-refractivity contribution >= 4 is 141 Å². The molecule has 0 aliphatic rings. The highest BCUT2D eigenvalue weighted by atomic mass is 16.5. The first kappa shape index (κ1) is 73.0. The summed E-state index contributed by atoms with van der Waals surface area (Å²) < 4.78 is 16.6. The van der Waals surface area contributed by atoms with E-state index in [1.54, 1.807) is 61.7 Å². The number of rotatable bonds is 19. The molecule has 0 bridgehead atoms. The van der Waals surface area contributed by atoms with E-state index >= 15 is 0 Å². The minimum atomic E-state index is -0.272. The third-order valence-electron chi connectivity index (χ3n) is 15.7. The number of nitrogens with zero attached hydrogens (tertiary/aromatic N) is 13. The second kappa shape index (κ2) is 34.3. The molecule has 24 heteroatoms. The first-order valence-corrected chi connectivity index (χ1v) is 32.5. The fourth-order valence-electron chi connectivity index (χ4n) is 10.5. The zero-order valence-corrected chi connectivity index (χ0v) is 58.9. The fourth-order valence-corrected chi connectivity index (χ4v) is 10.5. The van der Waals surface area contributed by atoms with E-state index in [0.29, 0.717) is 102 Å². The third-order valence-corrected chi connectivity index (χ3v) is 15.7. The standard InChI is InChI=1S/C28H28N6O2.2C26H23N5O3/c1-18-10-12-20(13-11-18)30-32-25-17-28(36-5)26(16-24(25)29-19(2)35)33-31-23-14-15-27(34(3)4)22-9-7-6-8-21(22)23;1-16-8-11-19(12-9-16)28-29-22-15-25(34-3)23(14-21(22)27-17(2)32)30-31-26-20-7-5-4-6-18(20)10-13-24(26)33;1-16-8-10-18(11-9-16)28-30-23-15-26(34-3)24(14-22(23)27-17(2)32)31-29-21-12-13-25(33)20-7-5-4-6-19(20)21/h6-17H,1-5H3,(H,29,35);2*4-15,33H,1-3H3,(H,27,32). The molecule has 12 rings (SSSR count). The van der Waals surface area contributed by atoms with Crippen LogP contribution in [0.1, 0.15) is 37.5 Å². The highest BCUT2D eigenvalue weighted by Gasteiger charge is 2.18. The zero-order valence-electron chi connectivity index (χ0n) is 58.9. The Bertz CT molecular complexity index is 5330. The number of hydrogen-bond acceptors (Lipinski definition) is 21. The number of ether oxygens (including phenoxy) is 3. The molecule has 12 aromatic carbocycles. The SMILES string of the molecule is COc1cc(N=Nc2ccc(C)cc2)c(NC(C)=O)cc1N=Nc1c(O)ccc2ccccc12.COc1cc(N=Nc2ccc(C)cc2)c(NC(C)=O)cc1N=Nc1ccc(N(C)C)c2ccccc12.COc1cc(N=Nc2ccc(C)cc2)c(NC(C)=O)cc1N=Nc1ccc(O)c2ccccc12. The maximum atomic E-state index is 11.9. The molecule has 104 heavy (non-hydrogen) atoms. The molecule has 0 heterocycles. The van der Waals surface area contributed by atoms with Gasteiger partial charge in [-0.1, -0.05) is 132 Å². The van der Waals surface area contributed by atoms with Gasteiger partial charge in [0, 0.05) is 85.7 Å². The maximum absolute atomic E-state index is 11.9. The van der Waals surface area contributed by atoms with Gasteiger partial charge in [-0.3, -0.25) is 14.4 Å². The Morgan fingerprint density at radius 1 is 0.327 bits per heavy atom. The van der Waals surface area contributed by atoms with Crippen molar-refractivity contribution in [3.8, 4) is 28.7 Å². The highest BCUT2D eigenvalue weighted by Crippen LogP contribution is 2.45. The third kappa shape index (κ3) is 18.9. The lowest BCUT2D eigenvalue weighted by Crippen LogP contribution is -2.08. The number of methoxy groups -OCH3 is 3. The number of benzene rings is 12. The first-order valence-electron chi connectivity index (χ1n) is 32.5. The van der Waals surface area contributed by atoms with Crippen LogP contribution in [-0.2, 0) is 14.4 Å². The molecular formula is C80H74N16O8. The number of nitrogens with one attached hydrogen (secondary N) is 3. The van der Waals surface area contributed by atoms with E-state index in [-0.39, 0.29) is 29.2 Å². The highest BCUT2D eigenvalue weighted by molar-refractivity contribution is 6.02. The number of amides is 3. The number of anilines is 4. The molecule has 0 saturated heterocycles. The molecule has 5 N–H and O–H groups in total. The van der Waals surface area contributed by atoms with E-state index in [1.165, 1.54) is 35.0 Å². The van der Waals surface area contributed by atoms with Gasteiger partial charge in [0.1, 0.15) is 68.6 Å². The summed E-state index contributed by atoms with van der Waals surface area (Å²) in [6.07, 6.45) is 0. The summed E-state index contributed by atoms with van der Waals surface area (Å²) in [5, 5.41) is 86.1. The number of hydrogen-bond donors (Lipinski definition) is 5. The van der Waals surface area contributed by atoms with Gasteiger partial charge in [0.05, 0.1) is 66.8 Å². The van der Waals surface area contributed by atoms with E-state index < -0.39 is 0 Å². The Kier molecular flexibility index (Phi) is 24.1. The van der Waals surface area contributed by atoms with Gasteiger partial charge < -0.3 is 45.3 Å². The molecular weight excluding hydrogens is 1310 g/mol. The number of carbonyl (C=O) groups excluding carboxylic acids is 3. The summed E-state index contributed by atoms with van der Waals surface area (Å²) in [7, 11) is 8.59. The smallest absolute Gasteiger partial charge is 0.221 e. The summed E-state index contributed by atoms with van der Waals surface area (Å²) in [6, 6.07) is 66.4. The number of aromatic hydroxyl groups is 2. The van der Waals surface area contributed by atoms with Crippen molar-refractivity contribution < 1.29 is 38.8 Å². The van der Waals surface area contributed by atoms with E-state index in [1.807, 2.05) is 193 Å². The van der Waals surface area contributed by atoms with Gasteiger partial charge >= 0.3 is 0 Å². The Labute approximate surface area is 600 Å². The van der Waals surface area contributed by atoms with Crippen LogP contribution in [0.2, 0.25) is 0 Å². The minimum Gasteiger partial charge on any atom is -0.507 e. The van der Waals surface area contributed by atoms with Crippen molar-refractivity contribution in [2.24, 2.45) is 61.4 Å². The summed E-state index contributed by atoms with van der Waals surface area (Å²) in [5.41, 5.74) is 11.9.